The predicted molar refractivity (Wildman–Crippen MR) is 81.7 cm³/mol. The molecule has 3 aromatic rings. The van der Waals surface area contributed by atoms with E-state index >= 15 is 0 Å². The van der Waals surface area contributed by atoms with Gasteiger partial charge in [0.15, 0.2) is 16.6 Å². The Kier molecular flexibility index (Phi) is 4.02. The van der Waals surface area contributed by atoms with Crippen LogP contribution in [-0.2, 0) is 0 Å². The van der Waals surface area contributed by atoms with E-state index in [4.69, 9.17) is 9.47 Å². The Hall–Kier alpha value is -2.81. The maximum Gasteiger partial charge on any atom is 0.272 e. The molecule has 0 N–H and O–H groups in total. The number of halogens is 1. The van der Waals surface area contributed by atoms with Gasteiger partial charge in [-0.1, -0.05) is 11.3 Å². The first-order chi connectivity index (χ1) is 11.1. The van der Waals surface area contributed by atoms with Crippen molar-refractivity contribution < 1.29 is 18.8 Å². The Labute approximate surface area is 133 Å². The first-order valence-electron chi connectivity index (χ1n) is 6.57. The van der Waals surface area contributed by atoms with Crippen LogP contribution < -0.4 is 9.47 Å². The van der Waals surface area contributed by atoms with Crippen molar-refractivity contribution in [3.8, 4) is 16.7 Å². The van der Waals surface area contributed by atoms with Crippen LogP contribution in [-0.4, -0.2) is 21.5 Å². The molecular formula is C14H10FN3O4S. The van der Waals surface area contributed by atoms with Gasteiger partial charge in [-0.15, -0.1) is 0 Å². The summed E-state index contributed by atoms with van der Waals surface area (Å²) in [7, 11) is 0. The number of ether oxygens (including phenoxy) is 2. The van der Waals surface area contributed by atoms with Gasteiger partial charge in [-0.05, 0) is 13.0 Å². The van der Waals surface area contributed by atoms with Crippen LogP contribution in [0, 0.1) is 15.9 Å². The van der Waals surface area contributed by atoms with Crippen molar-refractivity contribution >= 4 is 27.2 Å². The zero-order chi connectivity index (χ0) is 16.4. The first kappa shape index (κ1) is 15.1. The Morgan fingerprint density at radius 1 is 1.35 bits per heavy atom. The van der Waals surface area contributed by atoms with Gasteiger partial charge in [-0.2, -0.15) is 0 Å². The number of aromatic nitrogens is 2. The quantitative estimate of drug-likeness (QED) is 0.518. The van der Waals surface area contributed by atoms with Gasteiger partial charge in [0.25, 0.3) is 5.69 Å². The predicted octanol–water partition coefficient (Wildman–Crippen LogP) is 3.93. The number of fused-ring (bicyclic) bond motifs is 1. The van der Waals surface area contributed by atoms with E-state index in [1.165, 1.54) is 23.7 Å². The summed E-state index contributed by atoms with van der Waals surface area (Å²) >= 11 is 1.28. The van der Waals surface area contributed by atoms with Crippen molar-refractivity contribution in [1.29, 1.82) is 0 Å². The lowest BCUT2D eigenvalue weighted by Gasteiger charge is -2.05. The van der Waals surface area contributed by atoms with Gasteiger partial charge in [0.2, 0.25) is 5.88 Å². The molecule has 9 heteroatoms. The molecule has 2 heterocycles. The molecule has 0 saturated heterocycles. The average Bonchev–Trinajstić information content (AvgIpc) is 2.93. The highest BCUT2D eigenvalue weighted by molar-refractivity contribution is 7.21. The molecule has 118 valence electrons. The summed E-state index contributed by atoms with van der Waals surface area (Å²) in [6, 6.07) is 4.90. The molecule has 0 amide bonds. The van der Waals surface area contributed by atoms with E-state index in [0.29, 0.717) is 21.9 Å². The monoisotopic (exact) mass is 335 g/mol. The third kappa shape index (κ3) is 3.04. The zero-order valence-electron chi connectivity index (χ0n) is 11.9. The van der Waals surface area contributed by atoms with Crippen molar-refractivity contribution in [2.24, 2.45) is 0 Å². The highest BCUT2D eigenvalue weighted by Gasteiger charge is 2.16. The largest absolute Gasteiger partial charge is 0.484 e. The van der Waals surface area contributed by atoms with Crippen LogP contribution in [0.4, 0.5) is 10.1 Å². The lowest BCUT2D eigenvalue weighted by molar-refractivity contribution is -0.385. The lowest BCUT2D eigenvalue weighted by Crippen LogP contribution is -1.94. The molecule has 7 nitrogen and oxygen atoms in total. The fourth-order valence-corrected chi connectivity index (χ4v) is 2.83. The van der Waals surface area contributed by atoms with Gasteiger partial charge >= 0.3 is 0 Å². The van der Waals surface area contributed by atoms with E-state index in [0.717, 1.165) is 12.1 Å². The third-order valence-electron chi connectivity index (χ3n) is 2.88. The number of hydrogen-bond acceptors (Lipinski definition) is 7. The van der Waals surface area contributed by atoms with Crippen molar-refractivity contribution in [2.45, 2.75) is 6.92 Å². The van der Waals surface area contributed by atoms with Crippen molar-refractivity contribution in [3.63, 3.8) is 0 Å². The Balaban J connectivity index is 1.96. The minimum atomic E-state index is -0.840. The van der Waals surface area contributed by atoms with Gasteiger partial charge in [-0.3, -0.25) is 10.1 Å². The molecule has 0 saturated carbocycles. The number of nitrogens with zero attached hydrogens (tertiary/aromatic N) is 3. The molecule has 0 atom stereocenters. The number of hydrogen-bond donors (Lipinski definition) is 0. The molecule has 0 fully saturated rings. The van der Waals surface area contributed by atoms with Gasteiger partial charge in [-0.25, -0.2) is 14.4 Å². The van der Waals surface area contributed by atoms with Crippen molar-refractivity contribution in [3.05, 3.63) is 46.5 Å². The Morgan fingerprint density at radius 3 is 2.87 bits per heavy atom. The van der Waals surface area contributed by atoms with Gasteiger partial charge < -0.3 is 9.47 Å². The number of rotatable bonds is 5. The SMILES string of the molecule is CCOc1cc2ncnc(Oc3ccc([N+](=O)[O-])cc3F)c2s1. The van der Waals surface area contributed by atoms with Gasteiger partial charge in [0.1, 0.15) is 11.0 Å². The van der Waals surface area contributed by atoms with Crippen LogP contribution in [0.15, 0.2) is 30.6 Å². The summed E-state index contributed by atoms with van der Waals surface area (Å²) in [5, 5.41) is 11.3. The van der Waals surface area contributed by atoms with Gasteiger partial charge in [0.05, 0.1) is 23.1 Å². The van der Waals surface area contributed by atoms with E-state index in [9.17, 15) is 14.5 Å². The molecular weight excluding hydrogens is 325 g/mol. The minimum absolute atomic E-state index is 0.151. The summed E-state index contributed by atoms with van der Waals surface area (Å²) < 4.78 is 25.4. The molecule has 0 spiro atoms. The molecule has 2 aromatic heterocycles. The Bertz CT molecular complexity index is 884. The molecule has 0 aliphatic rings. The second-order valence-corrected chi connectivity index (χ2v) is 5.38. The second-order valence-electron chi connectivity index (χ2n) is 4.37. The number of thiophene rings is 1. The molecule has 0 bridgehead atoms. The summed E-state index contributed by atoms with van der Waals surface area (Å²) in [5.41, 5.74) is 0.267. The van der Waals surface area contributed by atoms with Crippen LogP contribution in [0.25, 0.3) is 10.2 Å². The fourth-order valence-electron chi connectivity index (χ4n) is 1.89. The Morgan fingerprint density at radius 2 is 2.17 bits per heavy atom. The zero-order valence-corrected chi connectivity index (χ0v) is 12.7. The molecule has 3 rings (SSSR count). The first-order valence-corrected chi connectivity index (χ1v) is 7.39. The third-order valence-corrected chi connectivity index (χ3v) is 3.90. The molecule has 0 radical (unpaired) electrons. The molecule has 1 aromatic carbocycles. The van der Waals surface area contributed by atoms with E-state index < -0.39 is 10.7 Å². The molecule has 0 aliphatic carbocycles. The highest BCUT2D eigenvalue weighted by atomic mass is 32.1. The second kappa shape index (κ2) is 6.13. The summed E-state index contributed by atoms with van der Waals surface area (Å²) in [4.78, 5) is 18.0. The van der Waals surface area contributed by atoms with E-state index in [-0.39, 0.29) is 17.3 Å². The fraction of sp³-hybridized carbons (Fsp3) is 0.143. The number of benzene rings is 1. The maximum atomic E-state index is 13.9. The molecule has 0 unspecified atom stereocenters. The minimum Gasteiger partial charge on any atom is -0.484 e. The molecule has 23 heavy (non-hydrogen) atoms. The number of nitro benzene ring substituents is 1. The van der Waals surface area contributed by atoms with Gasteiger partial charge in [0, 0.05) is 12.1 Å². The smallest absolute Gasteiger partial charge is 0.272 e. The van der Waals surface area contributed by atoms with Crippen LogP contribution >= 0.6 is 11.3 Å². The van der Waals surface area contributed by atoms with Crippen LogP contribution in [0.1, 0.15) is 6.92 Å². The standard InChI is InChI=1S/C14H10FN3O4S/c1-2-21-12-6-10-13(23-12)14(17-7-16-10)22-11-4-3-8(18(19)20)5-9(11)15/h3-7H,2H2,1H3. The number of nitro groups is 1. The van der Waals surface area contributed by atoms with Crippen molar-refractivity contribution in [2.75, 3.05) is 6.61 Å². The number of non-ortho nitro benzene ring substituents is 1. The normalized spacial score (nSPS) is 10.7. The topological polar surface area (TPSA) is 87.4 Å². The molecule has 0 aliphatic heterocycles. The lowest BCUT2D eigenvalue weighted by atomic mass is 10.3. The van der Waals surface area contributed by atoms with E-state index in [1.807, 2.05) is 6.92 Å². The summed E-state index contributed by atoms with van der Waals surface area (Å²) in [6.07, 6.45) is 1.30. The van der Waals surface area contributed by atoms with E-state index in [1.54, 1.807) is 6.07 Å². The average molecular weight is 335 g/mol. The van der Waals surface area contributed by atoms with Crippen LogP contribution in [0.2, 0.25) is 0 Å². The van der Waals surface area contributed by atoms with Crippen LogP contribution in [0.5, 0.6) is 16.7 Å². The van der Waals surface area contributed by atoms with Crippen molar-refractivity contribution in [1.82, 2.24) is 9.97 Å². The van der Waals surface area contributed by atoms with E-state index in [2.05, 4.69) is 9.97 Å². The highest BCUT2D eigenvalue weighted by Crippen LogP contribution is 2.37. The summed E-state index contributed by atoms with van der Waals surface area (Å²) in [6.45, 7) is 2.37. The maximum absolute atomic E-state index is 13.9. The summed E-state index contributed by atoms with van der Waals surface area (Å²) in [5.74, 6) is -0.826. The van der Waals surface area contributed by atoms with Crippen LogP contribution in [0.3, 0.4) is 0 Å².